The zero-order chi connectivity index (χ0) is 27.8. The van der Waals surface area contributed by atoms with Gasteiger partial charge in [-0.05, 0) is 46.5 Å². The van der Waals surface area contributed by atoms with Crippen molar-refractivity contribution in [3.63, 3.8) is 0 Å². The molecule has 1 atom stereocenters. The van der Waals surface area contributed by atoms with Crippen molar-refractivity contribution >= 4 is 22.5 Å². The molecule has 2 heterocycles. The molecule has 2 N–H and O–H groups in total. The van der Waals surface area contributed by atoms with E-state index in [-0.39, 0.29) is 17.7 Å². The summed E-state index contributed by atoms with van der Waals surface area (Å²) in [5.41, 5.74) is 2.22. The molecule has 210 valence electrons. The SMILES string of the molecule is COc1cc(N(c2cc(O[C@H]3CC[C@@H](NC[C@@H](O)C(F)(F)F)CC3)cc3c2ncn3C)C(C)(C)C)nn1C. The van der Waals surface area contributed by atoms with Crippen LogP contribution >= 0.6 is 0 Å². The molecule has 0 amide bonds. The predicted molar refractivity (Wildman–Crippen MR) is 139 cm³/mol. The normalized spacial score (nSPS) is 19.5. The van der Waals surface area contributed by atoms with E-state index in [1.165, 1.54) is 0 Å². The summed E-state index contributed by atoms with van der Waals surface area (Å²) in [5.74, 6) is 2.04. The van der Waals surface area contributed by atoms with Crippen LogP contribution in [0.5, 0.6) is 11.6 Å². The molecule has 0 saturated heterocycles. The Balaban J connectivity index is 1.56. The topological polar surface area (TPSA) is 89.6 Å². The minimum Gasteiger partial charge on any atom is -0.490 e. The van der Waals surface area contributed by atoms with Crippen LogP contribution in [0.4, 0.5) is 24.7 Å². The first-order valence-electron chi connectivity index (χ1n) is 12.8. The summed E-state index contributed by atoms with van der Waals surface area (Å²) >= 11 is 0. The molecule has 0 spiro atoms. The lowest BCUT2D eigenvalue weighted by molar-refractivity contribution is -0.202. The van der Waals surface area contributed by atoms with Gasteiger partial charge in [-0.15, -0.1) is 0 Å². The molecule has 0 bridgehead atoms. The van der Waals surface area contributed by atoms with Crippen LogP contribution in [0.1, 0.15) is 46.5 Å². The standard InChI is InChI=1S/C26H37F3N6O3/c1-25(2,3)35(22-13-23(37-6)34(5)32-22)20-12-18(11-19-24(20)31-15-33(19)4)38-17-9-7-16(8-10-17)30-14-21(36)26(27,28)29/h11-13,15-17,21,30,36H,7-10,14H2,1-6H3/t16-,17+,21-/m1/s1. The fourth-order valence-electron chi connectivity index (χ4n) is 4.96. The number of ether oxygens (including phenoxy) is 2. The van der Waals surface area contributed by atoms with Gasteiger partial charge in [0, 0.05) is 50.4 Å². The number of imidazole rings is 1. The van der Waals surface area contributed by atoms with E-state index in [0.29, 0.717) is 43.1 Å². The van der Waals surface area contributed by atoms with Crippen molar-refractivity contribution in [1.82, 2.24) is 24.6 Å². The molecule has 3 aromatic rings. The third kappa shape index (κ3) is 6.01. The number of aryl methyl sites for hydroxylation is 2. The molecule has 0 aliphatic heterocycles. The van der Waals surface area contributed by atoms with Crippen molar-refractivity contribution in [3.05, 3.63) is 24.5 Å². The van der Waals surface area contributed by atoms with E-state index in [1.54, 1.807) is 18.1 Å². The second-order valence-electron chi connectivity index (χ2n) is 10.9. The van der Waals surface area contributed by atoms with Crippen LogP contribution < -0.4 is 19.7 Å². The number of rotatable bonds is 8. The number of hydrogen-bond donors (Lipinski definition) is 2. The number of fused-ring (bicyclic) bond motifs is 1. The molecule has 4 rings (SSSR count). The number of nitrogens with one attached hydrogen (secondary N) is 1. The minimum atomic E-state index is -4.61. The maximum atomic E-state index is 12.6. The summed E-state index contributed by atoms with van der Waals surface area (Å²) in [6.07, 6.45) is -2.56. The number of nitrogens with zero attached hydrogens (tertiary/aromatic N) is 5. The first-order chi connectivity index (χ1) is 17.8. The van der Waals surface area contributed by atoms with E-state index < -0.39 is 18.8 Å². The van der Waals surface area contributed by atoms with E-state index in [4.69, 9.17) is 9.47 Å². The van der Waals surface area contributed by atoms with Crippen molar-refractivity contribution in [3.8, 4) is 11.6 Å². The van der Waals surface area contributed by atoms with Crippen LogP contribution in [0.15, 0.2) is 24.5 Å². The zero-order valence-electron chi connectivity index (χ0n) is 22.7. The number of aliphatic hydroxyl groups excluding tert-OH is 1. The van der Waals surface area contributed by atoms with Crippen molar-refractivity contribution < 1.29 is 27.8 Å². The van der Waals surface area contributed by atoms with Gasteiger partial charge < -0.3 is 29.4 Å². The molecule has 0 radical (unpaired) electrons. The highest BCUT2D eigenvalue weighted by atomic mass is 19.4. The number of hydrogen-bond acceptors (Lipinski definition) is 7. The maximum Gasteiger partial charge on any atom is 0.415 e. The predicted octanol–water partition coefficient (Wildman–Crippen LogP) is 4.45. The highest BCUT2D eigenvalue weighted by Gasteiger charge is 2.38. The van der Waals surface area contributed by atoms with Crippen LogP contribution in [0.2, 0.25) is 0 Å². The second kappa shape index (κ2) is 10.6. The maximum absolute atomic E-state index is 12.6. The van der Waals surface area contributed by atoms with Crippen molar-refractivity contribution in [2.75, 3.05) is 18.6 Å². The van der Waals surface area contributed by atoms with Gasteiger partial charge in [-0.3, -0.25) is 0 Å². The van der Waals surface area contributed by atoms with Gasteiger partial charge in [0.1, 0.15) is 11.3 Å². The fourth-order valence-corrected chi connectivity index (χ4v) is 4.96. The molecule has 1 aliphatic carbocycles. The Morgan fingerprint density at radius 3 is 2.39 bits per heavy atom. The van der Waals surface area contributed by atoms with Gasteiger partial charge in [0.15, 0.2) is 11.9 Å². The average molecular weight is 539 g/mol. The van der Waals surface area contributed by atoms with Gasteiger partial charge in [0.05, 0.1) is 30.7 Å². The number of methoxy groups -OCH3 is 1. The van der Waals surface area contributed by atoms with Crippen LogP contribution in [-0.4, -0.2) is 68.1 Å². The molecule has 2 aromatic heterocycles. The summed E-state index contributed by atoms with van der Waals surface area (Å²) in [6.45, 7) is 5.79. The molecule has 1 aliphatic rings. The largest absolute Gasteiger partial charge is 0.490 e. The van der Waals surface area contributed by atoms with Crippen LogP contribution in [0, 0.1) is 0 Å². The van der Waals surface area contributed by atoms with Crippen molar-refractivity contribution in [2.24, 2.45) is 14.1 Å². The first-order valence-corrected chi connectivity index (χ1v) is 12.8. The number of alkyl halides is 3. The third-order valence-corrected chi connectivity index (χ3v) is 6.91. The zero-order valence-corrected chi connectivity index (χ0v) is 22.7. The Bertz CT molecular complexity index is 1240. The lowest BCUT2D eigenvalue weighted by atomic mass is 9.92. The summed E-state index contributed by atoms with van der Waals surface area (Å²) in [4.78, 5) is 6.78. The minimum absolute atomic E-state index is 0.0721. The van der Waals surface area contributed by atoms with E-state index in [9.17, 15) is 18.3 Å². The Labute approximate surface area is 220 Å². The second-order valence-corrected chi connectivity index (χ2v) is 10.9. The third-order valence-electron chi connectivity index (χ3n) is 6.91. The monoisotopic (exact) mass is 538 g/mol. The van der Waals surface area contributed by atoms with Crippen LogP contribution in [0.25, 0.3) is 11.0 Å². The summed E-state index contributed by atoms with van der Waals surface area (Å²) in [7, 11) is 5.37. The Hall–Kier alpha value is -2.99. The van der Waals surface area contributed by atoms with Crippen molar-refractivity contribution in [2.45, 2.75) is 76.4 Å². The fraction of sp³-hybridized carbons (Fsp3) is 0.615. The van der Waals surface area contributed by atoms with E-state index in [1.807, 2.05) is 36.9 Å². The van der Waals surface area contributed by atoms with Gasteiger partial charge in [-0.25, -0.2) is 9.67 Å². The van der Waals surface area contributed by atoms with E-state index in [2.05, 4.69) is 41.1 Å². The molecule has 38 heavy (non-hydrogen) atoms. The number of aliphatic hydroxyl groups is 1. The smallest absolute Gasteiger partial charge is 0.415 e. The number of halogens is 3. The summed E-state index contributed by atoms with van der Waals surface area (Å²) in [5, 5.41) is 16.8. The van der Waals surface area contributed by atoms with Crippen molar-refractivity contribution in [1.29, 1.82) is 0 Å². The van der Waals surface area contributed by atoms with E-state index >= 15 is 0 Å². The summed E-state index contributed by atoms with van der Waals surface area (Å²) in [6, 6.07) is 5.75. The van der Waals surface area contributed by atoms with Crippen LogP contribution in [0.3, 0.4) is 0 Å². The molecule has 1 fully saturated rings. The molecule has 0 unspecified atom stereocenters. The van der Waals surface area contributed by atoms with Crippen LogP contribution in [-0.2, 0) is 14.1 Å². The molecule has 1 saturated carbocycles. The lowest BCUT2D eigenvalue weighted by Crippen LogP contribution is -2.44. The number of benzene rings is 1. The Morgan fingerprint density at radius 2 is 1.82 bits per heavy atom. The number of anilines is 2. The summed E-state index contributed by atoms with van der Waals surface area (Å²) < 4.78 is 53.3. The average Bonchev–Trinajstić information content (AvgIpc) is 3.39. The van der Waals surface area contributed by atoms with Gasteiger partial charge in [-0.2, -0.15) is 18.3 Å². The molecule has 12 heteroatoms. The van der Waals surface area contributed by atoms with Gasteiger partial charge in [-0.1, -0.05) is 0 Å². The molecule has 1 aromatic carbocycles. The molecule has 9 nitrogen and oxygen atoms in total. The quantitative estimate of drug-likeness (QED) is 0.438. The highest BCUT2D eigenvalue weighted by molar-refractivity contribution is 5.93. The molecular formula is C26H37F3N6O3. The number of aromatic nitrogens is 4. The Morgan fingerprint density at radius 1 is 1.13 bits per heavy atom. The lowest BCUT2D eigenvalue weighted by Gasteiger charge is -2.36. The van der Waals surface area contributed by atoms with Gasteiger partial charge >= 0.3 is 6.18 Å². The first kappa shape index (κ1) is 28.0. The van der Waals surface area contributed by atoms with E-state index in [0.717, 1.165) is 16.7 Å². The molecular weight excluding hydrogens is 501 g/mol. The Kier molecular flexibility index (Phi) is 7.85. The van der Waals surface area contributed by atoms with Gasteiger partial charge in [0.25, 0.3) is 0 Å². The highest BCUT2D eigenvalue weighted by Crippen LogP contribution is 2.40. The van der Waals surface area contributed by atoms with Gasteiger partial charge in [0.2, 0.25) is 5.88 Å².